The van der Waals surface area contributed by atoms with Gasteiger partial charge in [-0.3, -0.25) is 4.79 Å². The van der Waals surface area contributed by atoms with Gasteiger partial charge in [-0.15, -0.1) is 0 Å². The van der Waals surface area contributed by atoms with E-state index < -0.39 is 24.0 Å². The summed E-state index contributed by atoms with van der Waals surface area (Å²) in [5.41, 5.74) is 1.06. The minimum Gasteiger partial charge on any atom is -0.497 e. The maximum absolute atomic E-state index is 12.6. The molecule has 8 nitrogen and oxygen atoms in total. The minimum absolute atomic E-state index is 0.171. The van der Waals surface area contributed by atoms with Crippen LogP contribution < -0.4 is 15.4 Å². The first-order chi connectivity index (χ1) is 12.9. The van der Waals surface area contributed by atoms with E-state index in [1.807, 2.05) is 0 Å². The van der Waals surface area contributed by atoms with Gasteiger partial charge < -0.3 is 24.8 Å². The Morgan fingerprint density at radius 1 is 1.15 bits per heavy atom. The first kappa shape index (κ1) is 20.3. The fourth-order valence-electron chi connectivity index (χ4n) is 2.54. The average Bonchev–Trinajstić information content (AvgIpc) is 2.65. The van der Waals surface area contributed by atoms with Gasteiger partial charge in [0.2, 0.25) is 0 Å². The number of nitrogens with one attached hydrogen (secondary N) is 2. The van der Waals surface area contributed by atoms with Crippen LogP contribution in [0.2, 0.25) is 0 Å². The highest BCUT2D eigenvalue weighted by Crippen LogP contribution is 2.29. The van der Waals surface area contributed by atoms with Crippen molar-refractivity contribution in [2.45, 2.75) is 26.8 Å². The Balaban J connectivity index is 2.41. The van der Waals surface area contributed by atoms with Crippen molar-refractivity contribution < 1.29 is 28.6 Å². The van der Waals surface area contributed by atoms with Gasteiger partial charge in [-0.1, -0.05) is 26.0 Å². The van der Waals surface area contributed by atoms with Crippen molar-refractivity contribution in [3.8, 4) is 5.75 Å². The summed E-state index contributed by atoms with van der Waals surface area (Å²) in [7, 11) is 1.55. The minimum atomic E-state index is -0.739. The van der Waals surface area contributed by atoms with Crippen LogP contribution in [0.3, 0.4) is 0 Å². The van der Waals surface area contributed by atoms with Gasteiger partial charge in [-0.25, -0.2) is 9.59 Å². The standard InChI is InChI=1S/C19H24N2O6/c1-5-26-18(23)15-14(10-27-17(22)11(2)3)20-19(24)21-16(15)12-6-8-13(25-4)9-7-12/h6-9,11,16H,5,10H2,1-4H3,(H2,20,21,24). The summed E-state index contributed by atoms with van der Waals surface area (Å²) in [4.78, 5) is 36.5. The van der Waals surface area contributed by atoms with Gasteiger partial charge in [0, 0.05) is 0 Å². The molecule has 2 N–H and O–H groups in total. The first-order valence-corrected chi connectivity index (χ1v) is 8.65. The summed E-state index contributed by atoms with van der Waals surface area (Å²) in [6.45, 7) is 5.03. The van der Waals surface area contributed by atoms with Crippen molar-refractivity contribution in [1.82, 2.24) is 10.6 Å². The quantitative estimate of drug-likeness (QED) is 0.706. The number of hydrogen-bond acceptors (Lipinski definition) is 6. The Kier molecular flexibility index (Phi) is 6.81. The topological polar surface area (TPSA) is 103 Å². The highest BCUT2D eigenvalue weighted by Gasteiger charge is 2.34. The lowest BCUT2D eigenvalue weighted by atomic mass is 9.95. The zero-order valence-electron chi connectivity index (χ0n) is 15.8. The van der Waals surface area contributed by atoms with E-state index in [2.05, 4.69) is 10.6 Å². The van der Waals surface area contributed by atoms with Crippen molar-refractivity contribution in [3.05, 3.63) is 41.1 Å². The van der Waals surface area contributed by atoms with E-state index in [-0.39, 0.29) is 30.4 Å². The van der Waals surface area contributed by atoms with E-state index >= 15 is 0 Å². The molecular formula is C19H24N2O6. The molecule has 0 spiro atoms. The molecule has 0 bridgehead atoms. The molecule has 1 aromatic rings. The molecule has 0 aliphatic carbocycles. The van der Waals surface area contributed by atoms with E-state index in [0.717, 1.165) is 0 Å². The largest absolute Gasteiger partial charge is 0.497 e. The summed E-state index contributed by atoms with van der Waals surface area (Å²) in [5.74, 6) is -0.709. The molecule has 1 aliphatic rings. The number of urea groups is 1. The molecular weight excluding hydrogens is 352 g/mol. The molecule has 0 radical (unpaired) electrons. The summed E-state index contributed by atoms with van der Waals surface area (Å²) in [5, 5.41) is 5.26. The molecule has 1 atom stereocenters. The summed E-state index contributed by atoms with van der Waals surface area (Å²) >= 11 is 0. The number of ether oxygens (including phenoxy) is 3. The van der Waals surface area contributed by atoms with Gasteiger partial charge in [0.1, 0.15) is 12.4 Å². The van der Waals surface area contributed by atoms with Crippen LogP contribution >= 0.6 is 0 Å². The van der Waals surface area contributed by atoms with Crippen LogP contribution in [0.25, 0.3) is 0 Å². The number of amides is 2. The third-order valence-electron chi connectivity index (χ3n) is 3.93. The number of benzene rings is 1. The number of esters is 2. The third kappa shape index (κ3) is 4.99. The zero-order chi connectivity index (χ0) is 20.0. The Morgan fingerprint density at radius 2 is 1.81 bits per heavy atom. The number of carbonyl (C=O) groups is 3. The lowest BCUT2D eigenvalue weighted by Crippen LogP contribution is -2.47. The molecule has 8 heteroatoms. The van der Waals surface area contributed by atoms with Crippen molar-refractivity contribution in [2.24, 2.45) is 5.92 Å². The highest BCUT2D eigenvalue weighted by molar-refractivity contribution is 5.95. The molecule has 0 fully saturated rings. The molecule has 2 rings (SSSR count). The normalized spacial score (nSPS) is 16.5. The van der Waals surface area contributed by atoms with Crippen molar-refractivity contribution in [1.29, 1.82) is 0 Å². The smallest absolute Gasteiger partial charge is 0.338 e. The van der Waals surface area contributed by atoms with Crippen molar-refractivity contribution in [2.75, 3.05) is 20.3 Å². The van der Waals surface area contributed by atoms with Crippen LogP contribution in [0.4, 0.5) is 4.79 Å². The lowest BCUT2D eigenvalue weighted by molar-refractivity contribution is -0.147. The van der Waals surface area contributed by atoms with Crippen LogP contribution in [0.15, 0.2) is 35.5 Å². The molecule has 27 heavy (non-hydrogen) atoms. The SMILES string of the molecule is CCOC(=O)C1=C(COC(=O)C(C)C)NC(=O)NC1c1ccc(OC)cc1. The Labute approximate surface area is 157 Å². The Bertz CT molecular complexity index is 739. The summed E-state index contributed by atoms with van der Waals surface area (Å²) < 4.78 is 15.5. The maximum Gasteiger partial charge on any atom is 0.338 e. The molecule has 1 aliphatic heterocycles. The maximum atomic E-state index is 12.6. The summed E-state index contributed by atoms with van der Waals surface area (Å²) in [6.07, 6.45) is 0. The van der Waals surface area contributed by atoms with E-state index in [1.165, 1.54) is 0 Å². The van der Waals surface area contributed by atoms with Gasteiger partial charge in [0.25, 0.3) is 0 Å². The average molecular weight is 376 g/mol. The third-order valence-corrected chi connectivity index (χ3v) is 3.93. The van der Waals surface area contributed by atoms with Gasteiger partial charge in [0.15, 0.2) is 0 Å². The monoisotopic (exact) mass is 376 g/mol. The van der Waals surface area contributed by atoms with Crippen LogP contribution in [0.5, 0.6) is 5.75 Å². The molecule has 0 aromatic heterocycles. The Hall–Kier alpha value is -3.03. The fraction of sp³-hybridized carbons (Fsp3) is 0.421. The van der Waals surface area contributed by atoms with Gasteiger partial charge >= 0.3 is 18.0 Å². The van der Waals surface area contributed by atoms with Gasteiger partial charge in [0.05, 0.1) is 36.9 Å². The zero-order valence-corrected chi connectivity index (χ0v) is 15.8. The summed E-state index contributed by atoms with van der Waals surface area (Å²) in [6, 6.07) is 5.70. The van der Waals surface area contributed by atoms with Crippen LogP contribution in [0.1, 0.15) is 32.4 Å². The molecule has 146 valence electrons. The highest BCUT2D eigenvalue weighted by atomic mass is 16.5. The van der Waals surface area contributed by atoms with Crippen molar-refractivity contribution >= 4 is 18.0 Å². The Morgan fingerprint density at radius 3 is 2.37 bits per heavy atom. The van der Waals surface area contributed by atoms with Crippen LogP contribution in [0, 0.1) is 5.92 Å². The lowest BCUT2D eigenvalue weighted by Gasteiger charge is -2.29. The second kappa shape index (κ2) is 9.07. The number of hydrogen-bond donors (Lipinski definition) is 2. The van der Waals surface area contributed by atoms with E-state index in [1.54, 1.807) is 52.1 Å². The van der Waals surface area contributed by atoms with Crippen LogP contribution in [-0.2, 0) is 19.1 Å². The van der Waals surface area contributed by atoms with Crippen LogP contribution in [-0.4, -0.2) is 38.3 Å². The molecule has 1 heterocycles. The molecule has 0 saturated carbocycles. The molecule has 1 aromatic carbocycles. The molecule has 2 amide bonds. The molecule has 0 saturated heterocycles. The predicted octanol–water partition coefficient (Wildman–Crippen LogP) is 2.07. The number of carbonyl (C=O) groups excluding carboxylic acids is 3. The van der Waals surface area contributed by atoms with Gasteiger partial charge in [-0.05, 0) is 24.6 Å². The predicted molar refractivity (Wildman–Crippen MR) is 96.9 cm³/mol. The molecule has 1 unspecified atom stereocenters. The van der Waals surface area contributed by atoms with Gasteiger partial charge in [-0.2, -0.15) is 0 Å². The van der Waals surface area contributed by atoms with E-state index in [0.29, 0.717) is 11.3 Å². The number of methoxy groups -OCH3 is 1. The fourth-order valence-corrected chi connectivity index (χ4v) is 2.54. The second-order valence-corrected chi connectivity index (χ2v) is 6.18. The van der Waals surface area contributed by atoms with Crippen molar-refractivity contribution in [3.63, 3.8) is 0 Å². The second-order valence-electron chi connectivity index (χ2n) is 6.18. The first-order valence-electron chi connectivity index (χ1n) is 8.65. The number of rotatable bonds is 7. The van der Waals surface area contributed by atoms with E-state index in [4.69, 9.17) is 14.2 Å². The van der Waals surface area contributed by atoms with E-state index in [9.17, 15) is 14.4 Å².